The van der Waals surface area contributed by atoms with E-state index in [1.165, 1.54) is 23.9 Å². The molecule has 0 N–H and O–H groups in total. The Labute approximate surface area is 90.5 Å². The summed E-state index contributed by atoms with van der Waals surface area (Å²) in [6.45, 7) is 0. The van der Waals surface area contributed by atoms with Crippen LogP contribution in [0.15, 0.2) is 29.4 Å². The van der Waals surface area contributed by atoms with E-state index in [1.807, 2.05) is 6.07 Å². The molecule has 0 unspecified atom stereocenters. The fraction of sp³-hybridized carbons (Fsp3) is 0.222. The van der Waals surface area contributed by atoms with Gasteiger partial charge >= 0.3 is 0 Å². The lowest BCUT2D eigenvalue weighted by Gasteiger charge is -1.99. The third-order valence-corrected chi connectivity index (χ3v) is 2.92. The second-order valence-electron chi connectivity index (χ2n) is 3.00. The summed E-state index contributed by atoms with van der Waals surface area (Å²) in [7, 11) is 1.77. The number of hydrogen-bond acceptors (Lipinski definition) is 4. The summed E-state index contributed by atoms with van der Waals surface area (Å²) in [6, 6.07) is 6.51. The highest BCUT2D eigenvalue weighted by atomic mass is 32.2. The van der Waals surface area contributed by atoms with Crippen LogP contribution in [0.2, 0.25) is 0 Å². The van der Waals surface area contributed by atoms with Gasteiger partial charge in [-0.3, -0.25) is 0 Å². The number of aromatic nitrogens is 4. The van der Waals surface area contributed by atoms with E-state index in [4.69, 9.17) is 0 Å². The number of tetrazole rings is 1. The van der Waals surface area contributed by atoms with E-state index in [0.717, 1.165) is 10.7 Å². The Kier molecular flexibility index (Phi) is 2.96. The normalized spacial score (nSPS) is 10.5. The Hall–Kier alpha value is -1.43. The SMILES string of the molecule is Cn1nnnc1SCc1cccc(F)c1. The van der Waals surface area contributed by atoms with E-state index in [2.05, 4.69) is 15.5 Å². The first-order valence-corrected chi connectivity index (χ1v) is 5.34. The summed E-state index contributed by atoms with van der Waals surface area (Å²) < 4.78 is 14.4. The summed E-state index contributed by atoms with van der Waals surface area (Å²) in [4.78, 5) is 0. The smallest absolute Gasteiger partial charge is 0.209 e. The van der Waals surface area contributed by atoms with Gasteiger partial charge in [0.1, 0.15) is 5.82 Å². The van der Waals surface area contributed by atoms with Gasteiger partial charge in [0.25, 0.3) is 0 Å². The van der Waals surface area contributed by atoms with E-state index < -0.39 is 0 Å². The summed E-state index contributed by atoms with van der Waals surface area (Å²) >= 11 is 1.48. The first kappa shape index (κ1) is 10.1. The van der Waals surface area contributed by atoms with Crippen LogP contribution in [0.5, 0.6) is 0 Å². The van der Waals surface area contributed by atoms with Crippen molar-refractivity contribution >= 4 is 11.8 Å². The molecule has 0 radical (unpaired) electrons. The molecule has 6 heteroatoms. The van der Waals surface area contributed by atoms with Crippen molar-refractivity contribution in [2.24, 2.45) is 7.05 Å². The summed E-state index contributed by atoms with van der Waals surface area (Å²) in [5.41, 5.74) is 0.919. The zero-order chi connectivity index (χ0) is 10.7. The molecule has 15 heavy (non-hydrogen) atoms. The maximum absolute atomic E-state index is 12.9. The highest BCUT2D eigenvalue weighted by Gasteiger charge is 2.03. The third-order valence-electron chi connectivity index (χ3n) is 1.84. The molecule has 2 rings (SSSR count). The molecule has 0 saturated carbocycles. The Morgan fingerprint density at radius 2 is 2.33 bits per heavy atom. The van der Waals surface area contributed by atoms with Crippen LogP contribution in [0.3, 0.4) is 0 Å². The third kappa shape index (κ3) is 2.53. The van der Waals surface area contributed by atoms with Crippen molar-refractivity contribution in [3.8, 4) is 0 Å². The van der Waals surface area contributed by atoms with Gasteiger partial charge in [0.2, 0.25) is 5.16 Å². The Morgan fingerprint density at radius 1 is 1.47 bits per heavy atom. The van der Waals surface area contributed by atoms with Crippen LogP contribution in [-0.4, -0.2) is 20.2 Å². The standard InChI is InChI=1S/C9H9FN4S/c1-14-9(11-12-13-14)15-6-7-3-2-4-8(10)5-7/h2-5H,6H2,1H3. The number of nitrogens with zero attached hydrogens (tertiary/aromatic N) is 4. The van der Waals surface area contributed by atoms with Crippen LogP contribution in [0.1, 0.15) is 5.56 Å². The Bertz CT molecular complexity index is 457. The fourth-order valence-electron chi connectivity index (χ4n) is 1.12. The lowest BCUT2D eigenvalue weighted by Crippen LogP contribution is -1.93. The molecule has 1 aromatic carbocycles. The minimum absolute atomic E-state index is 0.218. The topological polar surface area (TPSA) is 43.6 Å². The van der Waals surface area contributed by atoms with Gasteiger partial charge in [-0.25, -0.2) is 9.07 Å². The molecule has 4 nitrogen and oxygen atoms in total. The Morgan fingerprint density at radius 3 is 3.00 bits per heavy atom. The predicted molar refractivity (Wildman–Crippen MR) is 54.8 cm³/mol. The van der Waals surface area contributed by atoms with E-state index in [-0.39, 0.29) is 5.82 Å². The molecule has 0 aliphatic heterocycles. The molecule has 1 heterocycles. The van der Waals surface area contributed by atoms with Gasteiger partial charge < -0.3 is 0 Å². The fourth-order valence-corrected chi connectivity index (χ4v) is 1.91. The number of hydrogen-bond donors (Lipinski definition) is 0. The number of halogens is 1. The van der Waals surface area contributed by atoms with Gasteiger partial charge in [-0.15, -0.1) is 5.10 Å². The van der Waals surface area contributed by atoms with E-state index in [0.29, 0.717) is 5.75 Å². The molecule has 0 saturated heterocycles. The van der Waals surface area contributed by atoms with Gasteiger partial charge in [-0.05, 0) is 28.1 Å². The second kappa shape index (κ2) is 4.39. The minimum Gasteiger partial charge on any atom is -0.224 e. The van der Waals surface area contributed by atoms with Crippen LogP contribution in [0, 0.1) is 5.82 Å². The maximum Gasteiger partial charge on any atom is 0.209 e. The lowest BCUT2D eigenvalue weighted by molar-refractivity contribution is 0.626. The van der Waals surface area contributed by atoms with Crippen LogP contribution in [0.25, 0.3) is 0 Å². The lowest BCUT2D eigenvalue weighted by atomic mass is 10.2. The molecular weight excluding hydrogens is 215 g/mol. The number of aryl methyl sites for hydroxylation is 1. The average Bonchev–Trinajstić information content (AvgIpc) is 2.61. The van der Waals surface area contributed by atoms with Crippen molar-refractivity contribution < 1.29 is 4.39 Å². The molecule has 1 aromatic heterocycles. The largest absolute Gasteiger partial charge is 0.224 e. The van der Waals surface area contributed by atoms with Crippen molar-refractivity contribution in [1.82, 2.24) is 20.2 Å². The highest BCUT2D eigenvalue weighted by Crippen LogP contribution is 2.19. The molecule has 0 amide bonds. The van der Waals surface area contributed by atoms with Gasteiger partial charge in [-0.1, -0.05) is 23.9 Å². The molecule has 2 aromatic rings. The highest BCUT2D eigenvalue weighted by molar-refractivity contribution is 7.98. The first-order valence-electron chi connectivity index (χ1n) is 4.35. The van der Waals surface area contributed by atoms with Gasteiger partial charge in [0, 0.05) is 12.8 Å². The van der Waals surface area contributed by atoms with Crippen LogP contribution < -0.4 is 0 Å². The van der Waals surface area contributed by atoms with E-state index in [1.54, 1.807) is 17.8 Å². The van der Waals surface area contributed by atoms with Gasteiger partial charge in [0.15, 0.2) is 0 Å². The van der Waals surface area contributed by atoms with Crippen molar-refractivity contribution in [3.05, 3.63) is 35.6 Å². The monoisotopic (exact) mass is 224 g/mol. The summed E-state index contributed by atoms with van der Waals surface area (Å²) in [5.74, 6) is 0.440. The number of thioether (sulfide) groups is 1. The van der Waals surface area contributed by atoms with Crippen LogP contribution in [-0.2, 0) is 12.8 Å². The quantitative estimate of drug-likeness (QED) is 0.743. The molecular formula is C9H9FN4S. The summed E-state index contributed by atoms with van der Waals surface area (Å²) in [6.07, 6.45) is 0. The number of rotatable bonds is 3. The van der Waals surface area contributed by atoms with E-state index >= 15 is 0 Å². The van der Waals surface area contributed by atoms with Crippen molar-refractivity contribution in [2.75, 3.05) is 0 Å². The zero-order valence-electron chi connectivity index (χ0n) is 8.09. The molecule has 0 fully saturated rings. The molecule has 0 atom stereocenters. The minimum atomic E-state index is -0.218. The molecule has 0 bridgehead atoms. The van der Waals surface area contributed by atoms with Gasteiger partial charge in [0.05, 0.1) is 0 Å². The molecule has 0 aliphatic rings. The second-order valence-corrected chi connectivity index (χ2v) is 3.95. The van der Waals surface area contributed by atoms with Crippen molar-refractivity contribution in [3.63, 3.8) is 0 Å². The first-order chi connectivity index (χ1) is 7.25. The molecule has 0 aliphatic carbocycles. The van der Waals surface area contributed by atoms with Crippen molar-refractivity contribution in [1.29, 1.82) is 0 Å². The van der Waals surface area contributed by atoms with Crippen LogP contribution >= 0.6 is 11.8 Å². The molecule has 78 valence electrons. The summed E-state index contributed by atoms with van der Waals surface area (Å²) in [5, 5.41) is 11.8. The van der Waals surface area contributed by atoms with Crippen LogP contribution in [0.4, 0.5) is 4.39 Å². The molecule has 0 spiro atoms. The van der Waals surface area contributed by atoms with Gasteiger partial charge in [-0.2, -0.15) is 0 Å². The van der Waals surface area contributed by atoms with E-state index in [9.17, 15) is 4.39 Å². The van der Waals surface area contributed by atoms with Crippen molar-refractivity contribution in [2.45, 2.75) is 10.9 Å². The number of benzene rings is 1. The zero-order valence-corrected chi connectivity index (χ0v) is 8.91. The maximum atomic E-state index is 12.9. The average molecular weight is 224 g/mol. The Balaban J connectivity index is 2.02. The predicted octanol–water partition coefficient (Wildman–Crippen LogP) is 1.64.